The number of fused-ring (bicyclic) bond motifs is 4. The van der Waals surface area contributed by atoms with E-state index in [1.54, 1.807) is 37.6 Å². The number of rotatable bonds is 4. The summed E-state index contributed by atoms with van der Waals surface area (Å²) in [4.78, 5) is 37.3. The van der Waals surface area contributed by atoms with Gasteiger partial charge in [-0.05, 0) is 53.4 Å². The van der Waals surface area contributed by atoms with Crippen LogP contribution in [0.4, 0.5) is 0 Å². The summed E-state index contributed by atoms with van der Waals surface area (Å²) in [6.07, 6.45) is 5.08. The number of ketones is 1. The zero-order valence-electron chi connectivity index (χ0n) is 18.4. The highest BCUT2D eigenvalue weighted by atomic mass is 16.1. The minimum atomic E-state index is -0.309. The molecule has 1 aliphatic carbocycles. The van der Waals surface area contributed by atoms with E-state index in [0.29, 0.717) is 16.8 Å². The summed E-state index contributed by atoms with van der Waals surface area (Å²) < 4.78 is 0. The molecular weight excluding hydrogens is 424 g/mol. The standard InChI is InChI=1S/C28H20N4O2/c1-16(33)17-9-12-29-24(15-17)22-7-4-8-23-25(22)18-5-2-3-6-19(18)26(23)32-28(34)21-11-14-31-27-20(21)10-13-30-27/h2-15,26H,1H3,(H,30,31)(H,32,34). The van der Waals surface area contributed by atoms with Crippen molar-refractivity contribution in [3.63, 3.8) is 0 Å². The Morgan fingerprint density at radius 1 is 0.882 bits per heavy atom. The first kappa shape index (κ1) is 20.1. The second-order valence-corrected chi connectivity index (χ2v) is 8.35. The summed E-state index contributed by atoms with van der Waals surface area (Å²) in [5.41, 5.74) is 7.64. The molecule has 6 nitrogen and oxygen atoms in total. The van der Waals surface area contributed by atoms with Crippen molar-refractivity contribution < 1.29 is 9.59 Å². The largest absolute Gasteiger partial charge is 0.346 e. The zero-order valence-corrected chi connectivity index (χ0v) is 18.4. The van der Waals surface area contributed by atoms with Gasteiger partial charge in [-0.25, -0.2) is 4.98 Å². The quantitative estimate of drug-likeness (QED) is 0.367. The molecule has 6 rings (SSSR count). The van der Waals surface area contributed by atoms with Crippen LogP contribution in [0.15, 0.2) is 85.3 Å². The van der Waals surface area contributed by atoms with Crippen molar-refractivity contribution in [1.82, 2.24) is 20.3 Å². The highest BCUT2D eigenvalue weighted by Gasteiger charge is 2.32. The number of hydrogen-bond donors (Lipinski definition) is 2. The van der Waals surface area contributed by atoms with Crippen LogP contribution in [0.1, 0.15) is 44.8 Å². The number of H-pyrrole nitrogens is 1. The van der Waals surface area contributed by atoms with E-state index in [0.717, 1.165) is 38.9 Å². The molecule has 164 valence electrons. The fraction of sp³-hybridized carbons (Fsp3) is 0.0714. The van der Waals surface area contributed by atoms with Gasteiger partial charge in [0.1, 0.15) is 5.65 Å². The summed E-state index contributed by atoms with van der Waals surface area (Å²) in [7, 11) is 0. The molecular formula is C28H20N4O2. The molecule has 5 aromatic rings. The first-order chi connectivity index (χ1) is 16.6. The summed E-state index contributed by atoms with van der Waals surface area (Å²) in [5, 5.41) is 4.03. The molecule has 0 spiro atoms. The van der Waals surface area contributed by atoms with Gasteiger partial charge in [0.15, 0.2) is 5.78 Å². The van der Waals surface area contributed by atoms with Crippen LogP contribution in [-0.2, 0) is 0 Å². The fourth-order valence-corrected chi connectivity index (χ4v) is 4.79. The van der Waals surface area contributed by atoms with Crippen molar-refractivity contribution in [3.05, 3.63) is 108 Å². The Balaban J connectivity index is 1.47. The molecule has 1 unspecified atom stereocenters. The third kappa shape index (κ3) is 3.11. The summed E-state index contributed by atoms with van der Waals surface area (Å²) in [6.45, 7) is 1.55. The van der Waals surface area contributed by atoms with Gasteiger partial charge in [0, 0.05) is 35.1 Å². The maximum absolute atomic E-state index is 13.4. The van der Waals surface area contributed by atoms with E-state index >= 15 is 0 Å². The van der Waals surface area contributed by atoms with Crippen molar-refractivity contribution in [1.29, 1.82) is 0 Å². The predicted octanol–water partition coefficient (Wildman–Crippen LogP) is 5.33. The summed E-state index contributed by atoms with van der Waals surface area (Å²) in [6, 6.07) is 20.9. The lowest BCUT2D eigenvalue weighted by Crippen LogP contribution is -2.28. The minimum absolute atomic E-state index is 0.00445. The van der Waals surface area contributed by atoms with Crippen LogP contribution in [0.3, 0.4) is 0 Å². The summed E-state index contributed by atoms with van der Waals surface area (Å²) >= 11 is 0. The van der Waals surface area contributed by atoms with Gasteiger partial charge in [0.2, 0.25) is 0 Å². The molecule has 3 aromatic heterocycles. The van der Waals surface area contributed by atoms with Gasteiger partial charge in [-0.15, -0.1) is 0 Å². The molecule has 0 aliphatic heterocycles. The van der Waals surface area contributed by atoms with E-state index in [2.05, 4.69) is 26.3 Å². The number of pyridine rings is 2. The molecule has 1 atom stereocenters. The Morgan fingerprint density at radius 3 is 2.56 bits per heavy atom. The van der Waals surface area contributed by atoms with Crippen LogP contribution in [0.5, 0.6) is 0 Å². The Bertz CT molecular complexity index is 1600. The van der Waals surface area contributed by atoms with Crippen molar-refractivity contribution in [3.8, 4) is 22.4 Å². The van der Waals surface area contributed by atoms with Crippen LogP contribution in [0.2, 0.25) is 0 Å². The minimum Gasteiger partial charge on any atom is -0.346 e. The molecule has 0 radical (unpaired) electrons. The molecule has 34 heavy (non-hydrogen) atoms. The highest BCUT2D eigenvalue weighted by molar-refractivity contribution is 6.06. The third-order valence-corrected chi connectivity index (χ3v) is 6.37. The average molecular weight is 444 g/mol. The SMILES string of the molecule is CC(=O)c1ccnc(-c2cccc3c2-c2ccccc2C3NC(=O)c2ccnc3[nH]ccc23)c1. The van der Waals surface area contributed by atoms with Crippen LogP contribution in [0, 0.1) is 0 Å². The van der Waals surface area contributed by atoms with Gasteiger partial charge in [-0.2, -0.15) is 0 Å². The highest BCUT2D eigenvalue weighted by Crippen LogP contribution is 2.47. The number of aromatic nitrogens is 3. The number of carbonyl (C=O) groups excluding carboxylic acids is 2. The second-order valence-electron chi connectivity index (χ2n) is 8.35. The molecule has 3 heterocycles. The van der Waals surface area contributed by atoms with Crippen LogP contribution in [-0.4, -0.2) is 26.6 Å². The van der Waals surface area contributed by atoms with Crippen LogP contribution >= 0.6 is 0 Å². The number of carbonyl (C=O) groups is 2. The number of nitrogens with one attached hydrogen (secondary N) is 2. The predicted molar refractivity (Wildman–Crippen MR) is 131 cm³/mol. The maximum atomic E-state index is 13.4. The molecule has 0 bridgehead atoms. The zero-order chi connectivity index (χ0) is 23.2. The Hall–Kier alpha value is -4.58. The molecule has 0 saturated carbocycles. The lowest BCUT2D eigenvalue weighted by Gasteiger charge is -2.17. The molecule has 0 saturated heterocycles. The van der Waals surface area contributed by atoms with E-state index in [9.17, 15) is 9.59 Å². The molecule has 6 heteroatoms. The van der Waals surface area contributed by atoms with Crippen molar-refractivity contribution in [2.45, 2.75) is 13.0 Å². The van der Waals surface area contributed by atoms with Gasteiger partial charge in [-0.3, -0.25) is 14.6 Å². The van der Waals surface area contributed by atoms with Gasteiger partial charge < -0.3 is 10.3 Å². The molecule has 1 aliphatic rings. The second kappa shape index (κ2) is 7.78. The van der Waals surface area contributed by atoms with E-state index in [4.69, 9.17) is 0 Å². The lowest BCUT2D eigenvalue weighted by atomic mass is 9.96. The number of amides is 1. The average Bonchev–Trinajstić information content (AvgIpc) is 3.47. The summed E-state index contributed by atoms with van der Waals surface area (Å²) in [5.74, 6) is -0.169. The Morgan fingerprint density at radius 2 is 1.68 bits per heavy atom. The van der Waals surface area contributed by atoms with Gasteiger partial charge in [0.05, 0.1) is 17.3 Å². The fourth-order valence-electron chi connectivity index (χ4n) is 4.79. The van der Waals surface area contributed by atoms with Crippen LogP contribution in [0.25, 0.3) is 33.4 Å². The Labute approximate surface area is 195 Å². The van der Waals surface area contributed by atoms with E-state index in [-0.39, 0.29) is 17.7 Å². The molecule has 1 amide bonds. The Kier molecular flexibility index (Phi) is 4.59. The normalized spacial score (nSPS) is 14.0. The first-order valence-electron chi connectivity index (χ1n) is 11.0. The maximum Gasteiger partial charge on any atom is 0.252 e. The van der Waals surface area contributed by atoms with E-state index < -0.39 is 0 Å². The van der Waals surface area contributed by atoms with Crippen molar-refractivity contribution in [2.75, 3.05) is 0 Å². The van der Waals surface area contributed by atoms with Gasteiger partial charge in [0.25, 0.3) is 5.91 Å². The van der Waals surface area contributed by atoms with E-state index in [1.165, 1.54) is 0 Å². The topological polar surface area (TPSA) is 87.7 Å². The van der Waals surface area contributed by atoms with Gasteiger partial charge in [-0.1, -0.05) is 42.5 Å². The van der Waals surface area contributed by atoms with Gasteiger partial charge >= 0.3 is 0 Å². The molecule has 0 fully saturated rings. The number of hydrogen-bond acceptors (Lipinski definition) is 4. The number of benzene rings is 2. The van der Waals surface area contributed by atoms with Crippen LogP contribution < -0.4 is 5.32 Å². The smallest absolute Gasteiger partial charge is 0.252 e. The number of Topliss-reactive ketones (excluding diaryl/α,β-unsaturated/α-hetero) is 1. The third-order valence-electron chi connectivity index (χ3n) is 6.37. The monoisotopic (exact) mass is 444 g/mol. The first-order valence-corrected chi connectivity index (χ1v) is 11.0. The molecule has 2 N–H and O–H groups in total. The van der Waals surface area contributed by atoms with Crippen molar-refractivity contribution >= 4 is 22.7 Å². The molecule has 2 aromatic carbocycles. The lowest BCUT2D eigenvalue weighted by molar-refractivity contribution is 0.0944. The number of nitrogens with zero attached hydrogens (tertiary/aromatic N) is 2. The number of aromatic amines is 1. The van der Waals surface area contributed by atoms with Crippen molar-refractivity contribution in [2.24, 2.45) is 0 Å². The van der Waals surface area contributed by atoms with E-state index in [1.807, 2.05) is 48.5 Å².